The number of phenols is 1. The maximum atomic E-state index is 12.2. The third-order valence-electron chi connectivity index (χ3n) is 5.62. The summed E-state index contributed by atoms with van der Waals surface area (Å²) < 4.78 is 7.00. The molecule has 1 saturated heterocycles. The minimum Gasteiger partial charge on any atom is -0.508 e. The number of phenolic OH excluding ortho intramolecular Hbond substituents is 1. The molecule has 13 heteroatoms. The van der Waals surface area contributed by atoms with E-state index in [0.717, 1.165) is 5.56 Å². The number of hydrogen-bond acceptors (Lipinski definition) is 11. The van der Waals surface area contributed by atoms with Gasteiger partial charge in [-0.05, 0) is 24.1 Å². The number of aliphatic hydroxyl groups excluding tert-OH is 3. The molecule has 13 nitrogen and oxygen atoms in total. The van der Waals surface area contributed by atoms with Crippen molar-refractivity contribution in [3.63, 3.8) is 0 Å². The summed E-state index contributed by atoms with van der Waals surface area (Å²) in [6, 6.07) is 6.63. The fraction of sp³-hybridized carbons (Fsp3) is 0.409. The maximum Gasteiger partial charge on any atom is 0.258 e. The third kappa shape index (κ3) is 5.07. The standard InChI is InChI=1S/C22H26N6O7/c1-2-3-13(30)27-21(34)17(33)18-15(31)16(32)22(35-18)28-10-26-14-19(24-9-25-20(14)28)23-8-11-4-6-12(29)7-5-11/h4-7,9-10,15-18,22,29,31-33H,2-3,8H2,1H3,(H,23,24,25)(H,27,30,34)/t15-,16+,17?,18-,22+/m0/s1. The van der Waals surface area contributed by atoms with Crippen molar-refractivity contribution >= 4 is 28.8 Å². The SMILES string of the molecule is CCCC(=O)NC(=O)C(O)[C@H]1O[C@@H](n2cnc3c(NCc4ccc(O)cc4)ncnc32)[C@H](O)[C@@H]1O. The van der Waals surface area contributed by atoms with Crippen LogP contribution < -0.4 is 10.6 Å². The Morgan fingerprint density at radius 2 is 1.89 bits per heavy atom. The first kappa shape index (κ1) is 24.5. The number of rotatable bonds is 8. The molecule has 186 valence electrons. The van der Waals surface area contributed by atoms with Crippen molar-refractivity contribution < 1.29 is 34.8 Å². The topological polar surface area (TPSA) is 192 Å². The number of imidazole rings is 1. The van der Waals surface area contributed by atoms with Crippen molar-refractivity contribution in [1.82, 2.24) is 24.8 Å². The van der Waals surface area contributed by atoms with Gasteiger partial charge < -0.3 is 30.5 Å². The van der Waals surface area contributed by atoms with Crippen LogP contribution in [0.15, 0.2) is 36.9 Å². The lowest BCUT2D eigenvalue weighted by Gasteiger charge is -2.20. The van der Waals surface area contributed by atoms with Crippen molar-refractivity contribution in [1.29, 1.82) is 0 Å². The Hall–Kier alpha value is -3.65. The minimum absolute atomic E-state index is 0.0988. The van der Waals surface area contributed by atoms with E-state index in [9.17, 15) is 30.0 Å². The van der Waals surface area contributed by atoms with Crippen molar-refractivity contribution in [2.24, 2.45) is 0 Å². The van der Waals surface area contributed by atoms with E-state index in [2.05, 4.69) is 20.3 Å². The number of carbonyl (C=O) groups is 2. The van der Waals surface area contributed by atoms with Gasteiger partial charge in [-0.3, -0.25) is 19.5 Å². The molecule has 1 fully saturated rings. The van der Waals surface area contributed by atoms with Gasteiger partial charge in [-0.2, -0.15) is 0 Å². The van der Waals surface area contributed by atoms with Gasteiger partial charge in [0, 0.05) is 13.0 Å². The Balaban J connectivity index is 1.51. The summed E-state index contributed by atoms with van der Waals surface area (Å²) in [5.41, 5.74) is 1.53. The van der Waals surface area contributed by atoms with E-state index in [1.54, 1.807) is 31.2 Å². The van der Waals surface area contributed by atoms with E-state index in [1.807, 2.05) is 5.32 Å². The maximum absolute atomic E-state index is 12.2. The number of amides is 2. The predicted molar refractivity (Wildman–Crippen MR) is 121 cm³/mol. The molecule has 3 heterocycles. The lowest BCUT2D eigenvalue weighted by atomic mass is 10.0. The lowest BCUT2D eigenvalue weighted by Crippen LogP contribution is -2.49. The summed E-state index contributed by atoms with van der Waals surface area (Å²) in [5.74, 6) is -1.03. The van der Waals surface area contributed by atoms with E-state index in [-0.39, 0.29) is 17.8 Å². The van der Waals surface area contributed by atoms with Crippen LogP contribution in [0.4, 0.5) is 5.82 Å². The van der Waals surface area contributed by atoms with Crippen molar-refractivity contribution in [3.05, 3.63) is 42.5 Å². The third-order valence-corrected chi connectivity index (χ3v) is 5.62. The van der Waals surface area contributed by atoms with Gasteiger partial charge in [-0.15, -0.1) is 0 Å². The second-order valence-corrected chi connectivity index (χ2v) is 8.15. The molecule has 6 N–H and O–H groups in total. The summed E-state index contributed by atoms with van der Waals surface area (Å²) >= 11 is 0. The number of imide groups is 1. The summed E-state index contributed by atoms with van der Waals surface area (Å²) in [6.07, 6.45) is -4.49. The fourth-order valence-electron chi connectivity index (χ4n) is 3.79. The molecule has 0 radical (unpaired) electrons. The molecule has 2 aromatic heterocycles. The average Bonchev–Trinajstić information content (AvgIpc) is 3.39. The molecular weight excluding hydrogens is 460 g/mol. The van der Waals surface area contributed by atoms with Crippen molar-refractivity contribution in [2.45, 2.75) is 57.0 Å². The van der Waals surface area contributed by atoms with Crippen LogP contribution in [0.5, 0.6) is 5.75 Å². The van der Waals surface area contributed by atoms with Crippen LogP contribution >= 0.6 is 0 Å². The number of benzene rings is 1. The van der Waals surface area contributed by atoms with Gasteiger partial charge in [0.15, 0.2) is 29.3 Å². The predicted octanol–water partition coefficient (Wildman–Crippen LogP) is -0.433. The summed E-state index contributed by atoms with van der Waals surface area (Å²) in [6.45, 7) is 2.15. The Morgan fingerprint density at radius 1 is 1.14 bits per heavy atom. The molecule has 2 amide bonds. The molecule has 0 bridgehead atoms. The summed E-state index contributed by atoms with van der Waals surface area (Å²) in [7, 11) is 0. The number of ether oxygens (including phenoxy) is 1. The van der Waals surface area contributed by atoms with Gasteiger partial charge in [0.2, 0.25) is 5.91 Å². The Bertz CT molecular complexity index is 1200. The number of nitrogens with one attached hydrogen (secondary N) is 2. The van der Waals surface area contributed by atoms with Crippen LogP contribution in [0.1, 0.15) is 31.6 Å². The van der Waals surface area contributed by atoms with Crippen LogP contribution in [-0.2, 0) is 20.9 Å². The molecular formula is C22H26N6O7. The first-order valence-electron chi connectivity index (χ1n) is 11.0. The first-order valence-corrected chi connectivity index (χ1v) is 11.0. The normalized spacial score (nSPS) is 22.7. The molecule has 35 heavy (non-hydrogen) atoms. The number of anilines is 1. The van der Waals surface area contributed by atoms with Gasteiger partial charge in [0.05, 0.1) is 6.33 Å². The van der Waals surface area contributed by atoms with Crippen LogP contribution in [-0.4, -0.2) is 76.2 Å². The van der Waals surface area contributed by atoms with E-state index in [0.29, 0.717) is 24.3 Å². The van der Waals surface area contributed by atoms with Gasteiger partial charge >= 0.3 is 0 Å². The largest absolute Gasteiger partial charge is 0.508 e. The first-order chi connectivity index (χ1) is 16.8. The summed E-state index contributed by atoms with van der Waals surface area (Å²) in [4.78, 5) is 36.6. The summed E-state index contributed by atoms with van der Waals surface area (Å²) in [5, 5.41) is 46.0. The number of hydrogen-bond donors (Lipinski definition) is 6. The second kappa shape index (κ2) is 10.3. The number of aromatic hydroxyl groups is 1. The molecule has 4 rings (SSSR count). The minimum atomic E-state index is -1.89. The zero-order valence-electron chi connectivity index (χ0n) is 18.8. The van der Waals surface area contributed by atoms with Gasteiger partial charge in [0.25, 0.3) is 5.91 Å². The van der Waals surface area contributed by atoms with Crippen LogP contribution in [0.3, 0.4) is 0 Å². The van der Waals surface area contributed by atoms with Gasteiger partial charge in [0.1, 0.15) is 30.4 Å². The highest BCUT2D eigenvalue weighted by atomic mass is 16.6. The lowest BCUT2D eigenvalue weighted by molar-refractivity contribution is -0.146. The highest BCUT2D eigenvalue weighted by Crippen LogP contribution is 2.33. The van der Waals surface area contributed by atoms with Crippen LogP contribution in [0, 0.1) is 0 Å². The van der Waals surface area contributed by atoms with Crippen LogP contribution in [0.25, 0.3) is 11.2 Å². The Kier molecular flexibility index (Phi) is 7.21. The molecule has 0 aliphatic carbocycles. The molecule has 1 aromatic carbocycles. The van der Waals surface area contributed by atoms with Gasteiger partial charge in [-0.25, -0.2) is 15.0 Å². The van der Waals surface area contributed by atoms with E-state index >= 15 is 0 Å². The molecule has 0 saturated carbocycles. The van der Waals surface area contributed by atoms with Crippen LogP contribution in [0.2, 0.25) is 0 Å². The molecule has 1 unspecified atom stereocenters. The highest BCUT2D eigenvalue weighted by molar-refractivity contribution is 5.97. The molecule has 1 aliphatic heterocycles. The van der Waals surface area contributed by atoms with E-state index in [4.69, 9.17) is 4.74 Å². The molecule has 3 aromatic rings. The zero-order valence-corrected chi connectivity index (χ0v) is 18.8. The molecule has 5 atom stereocenters. The Morgan fingerprint density at radius 3 is 2.60 bits per heavy atom. The fourth-order valence-corrected chi connectivity index (χ4v) is 3.79. The average molecular weight is 486 g/mol. The number of aliphatic hydroxyl groups is 3. The van der Waals surface area contributed by atoms with Crippen molar-refractivity contribution in [2.75, 3.05) is 5.32 Å². The smallest absolute Gasteiger partial charge is 0.258 e. The highest BCUT2D eigenvalue weighted by Gasteiger charge is 2.49. The van der Waals surface area contributed by atoms with Crippen molar-refractivity contribution in [3.8, 4) is 5.75 Å². The monoisotopic (exact) mass is 486 g/mol. The van der Waals surface area contributed by atoms with Gasteiger partial charge in [-0.1, -0.05) is 19.1 Å². The quantitative estimate of drug-likeness (QED) is 0.242. The van der Waals surface area contributed by atoms with E-state index in [1.165, 1.54) is 17.2 Å². The zero-order chi connectivity index (χ0) is 25.1. The number of nitrogens with zero attached hydrogens (tertiary/aromatic N) is 4. The number of fused-ring (bicyclic) bond motifs is 1. The number of aromatic nitrogens is 4. The van der Waals surface area contributed by atoms with E-state index < -0.39 is 42.5 Å². The molecule has 1 aliphatic rings. The second-order valence-electron chi connectivity index (χ2n) is 8.15. The number of carbonyl (C=O) groups excluding carboxylic acids is 2. The molecule has 0 spiro atoms. The Labute approximate surface area is 199 Å².